The van der Waals surface area contributed by atoms with Gasteiger partial charge in [0.1, 0.15) is 6.10 Å². The SMILES string of the molecule is Cc1cc(C)nc(O[C@@H]2CCN(C(=O)c3ccc4nc[nH]c4c3)C2)n1. The predicted molar refractivity (Wildman–Crippen MR) is 92.5 cm³/mol. The summed E-state index contributed by atoms with van der Waals surface area (Å²) < 4.78 is 5.88. The van der Waals surface area contributed by atoms with E-state index >= 15 is 0 Å². The Labute approximate surface area is 145 Å². The second-order valence-electron chi connectivity index (χ2n) is 6.35. The molecule has 7 heteroatoms. The normalized spacial score (nSPS) is 17.2. The molecule has 0 spiro atoms. The number of fused-ring (bicyclic) bond motifs is 1. The molecule has 1 atom stereocenters. The minimum atomic E-state index is -0.0824. The zero-order valence-electron chi connectivity index (χ0n) is 14.2. The lowest BCUT2D eigenvalue weighted by atomic mass is 10.2. The molecule has 3 heterocycles. The maximum absolute atomic E-state index is 12.7. The number of nitrogens with one attached hydrogen (secondary N) is 1. The zero-order chi connectivity index (χ0) is 17.4. The summed E-state index contributed by atoms with van der Waals surface area (Å²) in [6.07, 6.45) is 2.32. The van der Waals surface area contributed by atoms with Crippen LogP contribution in [0.15, 0.2) is 30.6 Å². The van der Waals surface area contributed by atoms with E-state index in [1.807, 2.05) is 43.0 Å². The number of imidazole rings is 1. The van der Waals surface area contributed by atoms with Crippen molar-refractivity contribution in [2.75, 3.05) is 13.1 Å². The molecular formula is C18H19N5O2. The van der Waals surface area contributed by atoms with Crippen LogP contribution < -0.4 is 4.74 Å². The Hall–Kier alpha value is -2.96. The summed E-state index contributed by atoms with van der Waals surface area (Å²) in [4.78, 5) is 30.4. The Balaban J connectivity index is 1.45. The number of ether oxygens (including phenoxy) is 1. The molecule has 1 amide bonds. The average molecular weight is 337 g/mol. The van der Waals surface area contributed by atoms with Gasteiger partial charge in [0.05, 0.1) is 23.9 Å². The molecule has 1 aliphatic rings. The quantitative estimate of drug-likeness (QED) is 0.792. The van der Waals surface area contributed by atoms with Crippen molar-refractivity contribution >= 4 is 16.9 Å². The van der Waals surface area contributed by atoms with Crippen LogP contribution in [0.1, 0.15) is 28.2 Å². The fourth-order valence-corrected chi connectivity index (χ4v) is 3.16. The number of nitrogens with zero attached hydrogens (tertiary/aromatic N) is 4. The number of amides is 1. The highest BCUT2D eigenvalue weighted by Crippen LogP contribution is 2.20. The molecule has 2 aromatic heterocycles. The highest BCUT2D eigenvalue weighted by atomic mass is 16.5. The molecular weight excluding hydrogens is 318 g/mol. The van der Waals surface area contributed by atoms with Crippen molar-refractivity contribution in [1.82, 2.24) is 24.8 Å². The molecule has 7 nitrogen and oxygen atoms in total. The van der Waals surface area contributed by atoms with E-state index in [4.69, 9.17) is 4.74 Å². The molecule has 128 valence electrons. The maximum atomic E-state index is 12.7. The van der Waals surface area contributed by atoms with Gasteiger partial charge >= 0.3 is 6.01 Å². The summed E-state index contributed by atoms with van der Waals surface area (Å²) in [5, 5.41) is 0. The lowest BCUT2D eigenvalue weighted by molar-refractivity contribution is 0.0769. The molecule has 0 saturated carbocycles. The molecule has 0 radical (unpaired) electrons. The molecule has 1 fully saturated rings. The van der Waals surface area contributed by atoms with Crippen molar-refractivity contribution in [3.63, 3.8) is 0 Å². The highest BCUT2D eigenvalue weighted by Gasteiger charge is 2.29. The third kappa shape index (κ3) is 3.17. The van der Waals surface area contributed by atoms with Crippen LogP contribution in [0.3, 0.4) is 0 Å². The first-order valence-electron chi connectivity index (χ1n) is 8.30. The van der Waals surface area contributed by atoms with Gasteiger partial charge < -0.3 is 14.6 Å². The summed E-state index contributed by atoms with van der Waals surface area (Å²) in [5.41, 5.74) is 4.12. The number of aromatic nitrogens is 4. The summed E-state index contributed by atoms with van der Waals surface area (Å²) >= 11 is 0. The van der Waals surface area contributed by atoms with Gasteiger partial charge in [0, 0.05) is 29.9 Å². The molecule has 1 saturated heterocycles. The molecule has 3 aromatic rings. The first-order valence-corrected chi connectivity index (χ1v) is 8.30. The van der Waals surface area contributed by atoms with Crippen molar-refractivity contribution in [3.05, 3.63) is 47.5 Å². The summed E-state index contributed by atoms with van der Waals surface area (Å²) in [5.74, 6) is 0.00365. The second kappa shape index (κ2) is 6.16. The van der Waals surface area contributed by atoms with Gasteiger partial charge in [-0.15, -0.1) is 0 Å². The summed E-state index contributed by atoms with van der Waals surface area (Å²) in [6.45, 7) is 5.03. The van der Waals surface area contributed by atoms with Gasteiger partial charge in [0.15, 0.2) is 0 Å². The number of aromatic amines is 1. The number of carbonyl (C=O) groups excluding carboxylic acids is 1. The molecule has 1 aliphatic heterocycles. The van der Waals surface area contributed by atoms with Gasteiger partial charge in [0.25, 0.3) is 5.91 Å². The number of likely N-dealkylation sites (tertiary alicyclic amines) is 1. The van der Waals surface area contributed by atoms with Crippen molar-refractivity contribution in [2.24, 2.45) is 0 Å². The topological polar surface area (TPSA) is 84.0 Å². The number of benzene rings is 1. The minimum Gasteiger partial charge on any atom is -0.458 e. The Morgan fingerprint density at radius 2 is 2.04 bits per heavy atom. The van der Waals surface area contributed by atoms with Crippen LogP contribution in [0, 0.1) is 13.8 Å². The van der Waals surface area contributed by atoms with Crippen LogP contribution in [-0.2, 0) is 0 Å². The first kappa shape index (κ1) is 15.6. The van der Waals surface area contributed by atoms with E-state index in [9.17, 15) is 4.79 Å². The van der Waals surface area contributed by atoms with Gasteiger partial charge in [-0.3, -0.25) is 4.79 Å². The minimum absolute atomic E-state index is 0.00365. The predicted octanol–water partition coefficient (Wildman–Crippen LogP) is 2.26. The molecule has 1 N–H and O–H groups in total. The fraction of sp³-hybridized carbons (Fsp3) is 0.333. The highest BCUT2D eigenvalue weighted by molar-refractivity contribution is 5.97. The van der Waals surface area contributed by atoms with Crippen molar-refractivity contribution in [1.29, 1.82) is 0 Å². The summed E-state index contributed by atoms with van der Waals surface area (Å²) in [7, 11) is 0. The Kier molecular flexibility index (Phi) is 3.83. The number of carbonyl (C=O) groups is 1. The molecule has 0 aliphatic carbocycles. The van der Waals surface area contributed by atoms with Gasteiger partial charge in [-0.2, -0.15) is 0 Å². The lowest BCUT2D eigenvalue weighted by Gasteiger charge is -2.17. The van der Waals surface area contributed by atoms with Crippen LogP contribution in [0.4, 0.5) is 0 Å². The third-order valence-electron chi connectivity index (χ3n) is 4.33. The molecule has 25 heavy (non-hydrogen) atoms. The molecule has 0 unspecified atom stereocenters. The molecule has 1 aromatic carbocycles. The zero-order valence-corrected chi connectivity index (χ0v) is 14.2. The third-order valence-corrected chi connectivity index (χ3v) is 4.33. The van der Waals surface area contributed by atoms with Gasteiger partial charge in [-0.1, -0.05) is 0 Å². The Morgan fingerprint density at radius 3 is 2.84 bits per heavy atom. The lowest BCUT2D eigenvalue weighted by Crippen LogP contribution is -2.31. The van der Waals surface area contributed by atoms with Crippen LogP contribution in [0.2, 0.25) is 0 Å². The van der Waals surface area contributed by atoms with Crippen LogP contribution in [0.5, 0.6) is 6.01 Å². The van der Waals surface area contributed by atoms with E-state index in [1.165, 1.54) is 0 Å². The smallest absolute Gasteiger partial charge is 0.317 e. The second-order valence-corrected chi connectivity index (χ2v) is 6.35. The van der Waals surface area contributed by atoms with E-state index in [2.05, 4.69) is 19.9 Å². The van der Waals surface area contributed by atoms with E-state index in [0.29, 0.717) is 24.7 Å². The first-order chi connectivity index (χ1) is 12.1. The average Bonchev–Trinajstić information content (AvgIpc) is 3.21. The number of hydrogen-bond acceptors (Lipinski definition) is 5. The van der Waals surface area contributed by atoms with E-state index < -0.39 is 0 Å². The largest absolute Gasteiger partial charge is 0.458 e. The van der Waals surface area contributed by atoms with Gasteiger partial charge in [-0.25, -0.2) is 15.0 Å². The van der Waals surface area contributed by atoms with Crippen LogP contribution in [-0.4, -0.2) is 49.9 Å². The number of rotatable bonds is 3. The Morgan fingerprint density at radius 1 is 1.24 bits per heavy atom. The van der Waals surface area contributed by atoms with Crippen molar-refractivity contribution in [2.45, 2.75) is 26.4 Å². The number of H-pyrrole nitrogens is 1. The van der Waals surface area contributed by atoms with E-state index in [-0.39, 0.29) is 12.0 Å². The van der Waals surface area contributed by atoms with Crippen LogP contribution >= 0.6 is 0 Å². The monoisotopic (exact) mass is 337 g/mol. The van der Waals surface area contributed by atoms with Crippen molar-refractivity contribution in [3.8, 4) is 6.01 Å². The van der Waals surface area contributed by atoms with Crippen LogP contribution in [0.25, 0.3) is 11.0 Å². The fourth-order valence-electron chi connectivity index (χ4n) is 3.16. The molecule has 0 bridgehead atoms. The van der Waals surface area contributed by atoms with E-state index in [1.54, 1.807) is 6.33 Å². The standard InChI is InChI=1S/C18H19N5O2/c1-11-7-12(2)22-18(21-11)25-14-5-6-23(9-14)17(24)13-3-4-15-16(8-13)20-10-19-15/h3-4,7-8,10,14H,5-6,9H2,1-2H3,(H,19,20)/t14-/m1/s1. The molecule has 4 rings (SSSR count). The maximum Gasteiger partial charge on any atom is 0.317 e. The Bertz CT molecular complexity index is 916. The van der Waals surface area contributed by atoms with Gasteiger partial charge in [-0.05, 0) is 38.1 Å². The summed E-state index contributed by atoms with van der Waals surface area (Å²) in [6, 6.07) is 7.80. The van der Waals surface area contributed by atoms with E-state index in [0.717, 1.165) is 28.8 Å². The van der Waals surface area contributed by atoms with Gasteiger partial charge in [0.2, 0.25) is 0 Å². The van der Waals surface area contributed by atoms with Crippen molar-refractivity contribution < 1.29 is 9.53 Å². The number of hydrogen-bond donors (Lipinski definition) is 1. The number of aryl methyl sites for hydroxylation is 2.